The highest BCUT2D eigenvalue weighted by Crippen LogP contribution is 2.05. The fourth-order valence-corrected chi connectivity index (χ4v) is 2.55. The van der Waals surface area contributed by atoms with Gasteiger partial charge in [0.15, 0.2) is 0 Å². The summed E-state index contributed by atoms with van der Waals surface area (Å²) in [5, 5.41) is 12.5. The quantitative estimate of drug-likeness (QED) is 0.683. The molecule has 3 N–H and O–H groups in total. The number of carbonyl (C=O) groups is 2. The van der Waals surface area contributed by atoms with Crippen LogP contribution in [0, 0.1) is 0 Å². The van der Waals surface area contributed by atoms with Crippen LogP contribution in [0.5, 0.6) is 0 Å². The van der Waals surface area contributed by atoms with E-state index in [4.69, 9.17) is 0 Å². The topological polar surface area (TPSA) is 70.2 Å². The maximum absolute atomic E-state index is 11.7. The Balaban J connectivity index is 1.60. The van der Waals surface area contributed by atoms with Crippen LogP contribution in [0.1, 0.15) is 23.2 Å². The molecule has 0 aromatic carbocycles. The Bertz CT molecular complexity index is 483. The summed E-state index contributed by atoms with van der Waals surface area (Å²) in [6, 6.07) is 1.77. The fraction of sp³-hybridized carbons (Fsp3) is 0.429. The number of thiophene rings is 1. The second-order valence-corrected chi connectivity index (χ2v) is 5.39. The van der Waals surface area contributed by atoms with Crippen molar-refractivity contribution in [1.29, 1.82) is 0 Å². The molecule has 1 aromatic rings. The van der Waals surface area contributed by atoms with E-state index >= 15 is 0 Å². The molecule has 0 radical (unpaired) electrons. The van der Waals surface area contributed by atoms with E-state index in [1.54, 1.807) is 11.4 Å². The van der Waals surface area contributed by atoms with Crippen molar-refractivity contribution in [3.63, 3.8) is 0 Å². The second-order valence-electron chi connectivity index (χ2n) is 4.61. The summed E-state index contributed by atoms with van der Waals surface area (Å²) in [5.41, 5.74) is 1.91. The number of rotatable bonds is 6. The normalized spacial score (nSPS) is 14.5. The molecule has 0 aliphatic carbocycles. The predicted octanol–water partition coefficient (Wildman–Crippen LogP) is 0.904. The molecule has 0 fully saturated rings. The largest absolute Gasteiger partial charge is 0.352 e. The fourth-order valence-electron chi connectivity index (χ4n) is 1.92. The molecule has 0 saturated carbocycles. The van der Waals surface area contributed by atoms with Crippen molar-refractivity contribution < 1.29 is 9.59 Å². The van der Waals surface area contributed by atoms with Gasteiger partial charge in [-0.25, -0.2) is 0 Å². The second kappa shape index (κ2) is 7.81. The number of hydrogen-bond donors (Lipinski definition) is 3. The van der Waals surface area contributed by atoms with Crippen LogP contribution in [0.15, 0.2) is 28.5 Å². The molecule has 1 aliphatic heterocycles. The van der Waals surface area contributed by atoms with Gasteiger partial charge in [0, 0.05) is 37.0 Å². The molecule has 2 amide bonds. The summed E-state index contributed by atoms with van der Waals surface area (Å²) in [6.45, 7) is 2.82. The standard InChI is InChI=1S/C14H19N3O2S/c18-13(17-9-11-1-5-15-6-2-11)3-7-16-14(19)12-4-8-20-10-12/h1,4,8,10,15H,2-3,5-7,9H2,(H,16,19)(H,17,18). The third kappa shape index (κ3) is 4.79. The minimum Gasteiger partial charge on any atom is -0.352 e. The van der Waals surface area contributed by atoms with E-state index in [2.05, 4.69) is 22.0 Å². The Kier molecular flexibility index (Phi) is 5.76. The van der Waals surface area contributed by atoms with Gasteiger partial charge in [0.25, 0.3) is 5.91 Å². The molecule has 0 saturated heterocycles. The van der Waals surface area contributed by atoms with Gasteiger partial charge in [-0.1, -0.05) is 11.6 Å². The maximum Gasteiger partial charge on any atom is 0.252 e. The average Bonchev–Trinajstić information content (AvgIpc) is 3.00. The van der Waals surface area contributed by atoms with Crippen LogP contribution in [0.3, 0.4) is 0 Å². The first-order chi connectivity index (χ1) is 9.75. The van der Waals surface area contributed by atoms with Crippen molar-refractivity contribution in [1.82, 2.24) is 16.0 Å². The maximum atomic E-state index is 11.7. The van der Waals surface area contributed by atoms with E-state index in [9.17, 15) is 9.59 Å². The van der Waals surface area contributed by atoms with Gasteiger partial charge in [-0.05, 0) is 24.4 Å². The number of hydrogen-bond acceptors (Lipinski definition) is 4. The van der Waals surface area contributed by atoms with Gasteiger partial charge in [-0.3, -0.25) is 9.59 Å². The summed E-state index contributed by atoms with van der Waals surface area (Å²) in [4.78, 5) is 23.3. The first-order valence-corrected chi connectivity index (χ1v) is 7.65. The molecular formula is C14H19N3O2S. The zero-order valence-corrected chi connectivity index (χ0v) is 12.1. The van der Waals surface area contributed by atoms with Crippen molar-refractivity contribution in [2.24, 2.45) is 0 Å². The SMILES string of the molecule is O=C(CCNC(=O)c1ccsc1)NCC1=CCNCC1. The third-order valence-electron chi connectivity index (χ3n) is 3.09. The van der Waals surface area contributed by atoms with Gasteiger partial charge in [0.1, 0.15) is 0 Å². The predicted molar refractivity (Wildman–Crippen MR) is 79.8 cm³/mol. The first kappa shape index (κ1) is 14.7. The van der Waals surface area contributed by atoms with Crippen molar-refractivity contribution in [3.8, 4) is 0 Å². The molecule has 0 spiro atoms. The molecule has 1 aromatic heterocycles. The molecule has 0 bridgehead atoms. The number of carbonyl (C=O) groups excluding carboxylic acids is 2. The minimum atomic E-state index is -0.125. The third-order valence-corrected chi connectivity index (χ3v) is 3.77. The van der Waals surface area contributed by atoms with Crippen molar-refractivity contribution in [2.45, 2.75) is 12.8 Å². The zero-order chi connectivity index (χ0) is 14.2. The van der Waals surface area contributed by atoms with Crippen LogP contribution in [0.4, 0.5) is 0 Å². The van der Waals surface area contributed by atoms with E-state index in [1.165, 1.54) is 16.9 Å². The van der Waals surface area contributed by atoms with Gasteiger partial charge >= 0.3 is 0 Å². The van der Waals surface area contributed by atoms with Gasteiger partial charge < -0.3 is 16.0 Å². The summed E-state index contributed by atoms with van der Waals surface area (Å²) >= 11 is 1.48. The Morgan fingerprint density at radius 3 is 2.95 bits per heavy atom. The Labute approximate surface area is 122 Å². The summed E-state index contributed by atoms with van der Waals surface area (Å²) in [7, 11) is 0. The Hall–Kier alpha value is -1.66. The molecule has 5 nitrogen and oxygen atoms in total. The lowest BCUT2D eigenvalue weighted by Gasteiger charge is -2.14. The van der Waals surface area contributed by atoms with E-state index < -0.39 is 0 Å². The van der Waals surface area contributed by atoms with E-state index in [-0.39, 0.29) is 11.8 Å². The highest BCUT2D eigenvalue weighted by atomic mass is 32.1. The van der Waals surface area contributed by atoms with Crippen LogP contribution in [0.2, 0.25) is 0 Å². The number of nitrogens with one attached hydrogen (secondary N) is 3. The molecule has 0 unspecified atom stereocenters. The van der Waals surface area contributed by atoms with Crippen LogP contribution in [-0.2, 0) is 4.79 Å². The van der Waals surface area contributed by atoms with Gasteiger partial charge in [0.2, 0.25) is 5.91 Å². The Morgan fingerprint density at radius 1 is 1.35 bits per heavy atom. The van der Waals surface area contributed by atoms with Crippen molar-refractivity contribution in [2.75, 3.05) is 26.2 Å². The molecule has 2 rings (SSSR count). The summed E-state index contributed by atoms with van der Waals surface area (Å²) in [6.07, 6.45) is 3.40. The van der Waals surface area contributed by atoms with E-state index in [1.807, 2.05) is 5.38 Å². The first-order valence-electron chi connectivity index (χ1n) is 6.71. The minimum absolute atomic E-state index is 0.0324. The zero-order valence-electron chi connectivity index (χ0n) is 11.3. The van der Waals surface area contributed by atoms with Crippen LogP contribution < -0.4 is 16.0 Å². The van der Waals surface area contributed by atoms with Gasteiger partial charge in [0.05, 0.1) is 0 Å². The molecule has 2 heterocycles. The van der Waals surface area contributed by atoms with Gasteiger partial charge in [-0.15, -0.1) is 0 Å². The number of amides is 2. The van der Waals surface area contributed by atoms with Gasteiger partial charge in [-0.2, -0.15) is 11.3 Å². The monoisotopic (exact) mass is 293 g/mol. The lowest BCUT2D eigenvalue weighted by atomic mass is 10.1. The Morgan fingerprint density at radius 2 is 2.25 bits per heavy atom. The van der Waals surface area contributed by atoms with Crippen molar-refractivity contribution >= 4 is 23.2 Å². The summed E-state index contributed by atoms with van der Waals surface area (Å²) < 4.78 is 0. The molecule has 20 heavy (non-hydrogen) atoms. The average molecular weight is 293 g/mol. The van der Waals surface area contributed by atoms with Crippen LogP contribution >= 0.6 is 11.3 Å². The van der Waals surface area contributed by atoms with Crippen molar-refractivity contribution in [3.05, 3.63) is 34.0 Å². The van der Waals surface area contributed by atoms with E-state index in [0.717, 1.165) is 19.5 Å². The lowest BCUT2D eigenvalue weighted by Crippen LogP contribution is -2.32. The molecule has 6 heteroatoms. The summed E-state index contributed by atoms with van der Waals surface area (Å²) in [5.74, 6) is -0.157. The molecule has 108 valence electrons. The smallest absolute Gasteiger partial charge is 0.252 e. The van der Waals surface area contributed by atoms with Crippen LogP contribution in [-0.4, -0.2) is 38.0 Å². The highest BCUT2D eigenvalue weighted by molar-refractivity contribution is 7.08. The lowest BCUT2D eigenvalue weighted by molar-refractivity contribution is -0.120. The molecule has 1 aliphatic rings. The van der Waals surface area contributed by atoms with Crippen LogP contribution in [0.25, 0.3) is 0 Å². The molecule has 0 atom stereocenters. The molecular weight excluding hydrogens is 274 g/mol. The highest BCUT2D eigenvalue weighted by Gasteiger charge is 2.08. The van der Waals surface area contributed by atoms with E-state index in [0.29, 0.717) is 25.1 Å².